The summed E-state index contributed by atoms with van der Waals surface area (Å²) in [5, 5.41) is -0.934. The van der Waals surface area contributed by atoms with Gasteiger partial charge in [0.25, 0.3) is 0 Å². The number of sulfone groups is 1. The molecule has 0 saturated carbocycles. The second kappa shape index (κ2) is 4.50. The van der Waals surface area contributed by atoms with E-state index >= 15 is 0 Å². The molecule has 3 atom stereocenters. The number of nitrogen functional groups attached to an aromatic ring is 1. The smallest absolute Gasteiger partial charge is 0.169 e. The predicted octanol–water partition coefficient (Wildman–Crippen LogP) is 2.38. The number of nitrogens with two attached hydrogens (primary N) is 1. The molecule has 2 heterocycles. The molecule has 4 nitrogen and oxygen atoms in total. The van der Waals surface area contributed by atoms with E-state index in [0.29, 0.717) is 5.69 Å². The Morgan fingerprint density at radius 1 is 1.45 bits per heavy atom. The number of anilines is 1. The summed E-state index contributed by atoms with van der Waals surface area (Å²) >= 11 is 0. The molecule has 1 fully saturated rings. The number of hydrogen-bond donors (Lipinski definition) is 1. The molecule has 120 valence electrons. The second-order valence-corrected chi connectivity index (χ2v) is 8.72. The van der Waals surface area contributed by atoms with Gasteiger partial charge >= 0.3 is 0 Å². The van der Waals surface area contributed by atoms with Crippen LogP contribution in [0.4, 0.5) is 14.5 Å². The fraction of sp³-hybridized carbons (Fsp3) is 0.533. The number of rotatable bonds is 2. The summed E-state index contributed by atoms with van der Waals surface area (Å²) in [4.78, 5) is 4.45. The highest BCUT2D eigenvalue weighted by atomic mass is 32.2. The second-order valence-electron chi connectivity index (χ2n) is 6.28. The van der Waals surface area contributed by atoms with Gasteiger partial charge in [0.05, 0.1) is 5.25 Å². The third-order valence-corrected chi connectivity index (χ3v) is 8.31. The van der Waals surface area contributed by atoms with E-state index in [1.54, 1.807) is 6.92 Å². The largest absolute Gasteiger partial charge is 0.399 e. The number of halogens is 2. The molecule has 0 radical (unpaired) electrons. The highest BCUT2D eigenvalue weighted by Crippen LogP contribution is 2.52. The zero-order valence-electron chi connectivity index (χ0n) is 12.4. The van der Waals surface area contributed by atoms with Crippen molar-refractivity contribution in [1.82, 2.24) is 0 Å². The van der Waals surface area contributed by atoms with E-state index in [4.69, 9.17) is 5.73 Å². The number of benzene rings is 1. The van der Waals surface area contributed by atoms with Crippen LogP contribution in [-0.4, -0.2) is 30.8 Å². The molecular formula is C15H18F2N2O2S. The highest BCUT2D eigenvalue weighted by molar-refractivity contribution is 7.94. The fourth-order valence-electron chi connectivity index (χ4n) is 3.83. The number of alkyl halides is 1. The Kier molecular flexibility index (Phi) is 3.15. The molecule has 2 bridgehead atoms. The molecule has 0 unspecified atom stereocenters. The first-order valence-electron chi connectivity index (χ1n) is 7.11. The molecule has 0 amide bonds. The van der Waals surface area contributed by atoms with Crippen molar-refractivity contribution in [2.45, 2.75) is 42.2 Å². The molecule has 7 heteroatoms. The zero-order chi connectivity index (χ0) is 16.3. The van der Waals surface area contributed by atoms with Crippen LogP contribution in [0.2, 0.25) is 0 Å². The van der Waals surface area contributed by atoms with E-state index in [1.165, 1.54) is 25.1 Å². The zero-order valence-corrected chi connectivity index (χ0v) is 13.3. The van der Waals surface area contributed by atoms with E-state index < -0.39 is 37.9 Å². The van der Waals surface area contributed by atoms with Crippen LogP contribution < -0.4 is 5.73 Å². The van der Waals surface area contributed by atoms with Crippen LogP contribution in [0.3, 0.4) is 0 Å². The van der Waals surface area contributed by atoms with Crippen molar-refractivity contribution in [3.8, 4) is 0 Å². The molecule has 1 aromatic rings. The Labute approximate surface area is 128 Å². The lowest BCUT2D eigenvalue weighted by atomic mass is 9.86. The summed E-state index contributed by atoms with van der Waals surface area (Å²) in [5.41, 5.74) is 5.14. The van der Waals surface area contributed by atoms with Gasteiger partial charge in [0, 0.05) is 17.0 Å². The van der Waals surface area contributed by atoms with Gasteiger partial charge in [0.1, 0.15) is 22.8 Å². The topological polar surface area (TPSA) is 72.5 Å². The maximum absolute atomic E-state index is 14.3. The maximum Gasteiger partial charge on any atom is 0.169 e. The highest BCUT2D eigenvalue weighted by Gasteiger charge is 2.64. The number of fused-ring (bicyclic) bond motifs is 2. The number of hydrogen-bond acceptors (Lipinski definition) is 4. The maximum atomic E-state index is 14.3. The molecule has 0 aliphatic carbocycles. The third-order valence-electron chi connectivity index (χ3n) is 5.17. The van der Waals surface area contributed by atoms with Gasteiger partial charge in [-0.2, -0.15) is 0 Å². The van der Waals surface area contributed by atoms with Crippen molar-refractivity contribution in [3.05, 3.63) is 29.6 Å². The Morgan fingerprint density at radius 3 is 2.77 bits per heavy atom. The molecule has 0 spiro atoms. The summed E-state index contributed by atoms with van der Waals surface area (Å²) < 4.78 is 52.0. The Balaban J connectivity index is 2.30. The van der Waals surface area contributed by atoms with Crippen molar-refractivity contribution in [2.24, 2.45) is 4.99 Å². The fourth-order valence-corrected chi connectivity index (χ4v) is 6.60. The first-order valence-corrected chi connectivity index (χ1v) is 8.65. The minimum Gasteiger partial charge on any atom is -0.399 e. The number of nitrogens with zero attached hydrogens (tertiary/aromatic N) is 1. The van der Waals surface area contributed by atoms with Gasteiger partial charge in [-0.15, -0.1) is 0 Å². The summed E-state index contributed by atoms with van der Waals surface area (Å²) in [7, 11) is -3.79. The lowest BCUT2D eigenvalue weighted by molar-refractivity contribution is 0.415. The van der Waals surface area contributed by atoms with E-state index in [-0.39, 0.29) is 24.1 Å². The quantitative estimate of drug-likeness (QED) is 0.847. The average molecular weight is 328 g/mol. The molecule has 0 aromatic heterocycles. The minimum absolute atomic E-state index is 0.148. The SMILES string of the molecule is CC1=N[C@](C)(c2cc(N)ccc2F)[C@@H]2CC[C@@]1(CF)S2(=O)=O. The van der Waals surface area contributed by atoms with Crippen molar-refractivity contribution >= 4 is 21.2 Å². The first kappa shape index (κ1) is 15.4. The summed E-state index contributed by atoms with van der Waals surface area (Å²) in [6.45, 7) is 2.11. The average Bonchev–Trinajstić information content (AvgIpc) is 2.65. The molecule has 2 aliphatic heterocycles. The van der Waals surface area contributed by atoms with Gasteiger partial charge in [-0.3, -0.25) is 4.99 Å². The monoisotopic (exact) mass is 328 g/mol. The molecule has 3 rings (SSSR count). The van der Waals surface area contributed by atoms with Crippen LogP contribution in [0.25, 0.3) is 0 Å². The van der Waals surface area contributed by atoms with Crippen LogP contribution in [-0.2, 0) is 15.4 Å². The van der Waals surface area contributed by atoms with E-state index in [9.17, 15) is 17.2 Å². The van der Waals surface area contributed by atoms with Gasteiger partial charge < -0.3 is 5.73 Å². The van der Waals surface area contributed by atoms with Crippen molar-refractivity contribution in [1.29, 1.82) is 0 Å². The molecule has 1 aromatic carbocycles. The van der Waals surface area contributed by atoms with Gasteiger partial charge in [-0.1, -0.05) is 0 Å². The van der Waals surface area contributed by atoms with Crippen LogP contribution in [0.1, 0.15) is 32.3 Å². The van der Waals surface area contributed by atoms with Crippen molar-refractivity contribution in [2.75, 3.05) is 12.4 Å². The third kappa shape index (κ3) is 1.66. The van der Waals surface area contributed by atoms with Crippen LogP contribution >= 0.6 is 0 Å². The molecule has 2 aliphatic rings. The first-order chi connectivity index (χ1) is 10.2. The molecule has 2 N–H and O–H groups in total. The lowest BCUT2D eigenvalue weighted by Gasteiger charge is -2.40. The summed E-state index contributed by atoms with van der Waals surface area (Å²) in [5.74, 6) is -0.553. The predicted molar refractivity (Wildman–Crippen MR) is 81.9 cm³/mol. The van der Waals surface area contributed by atoms with Gasteiger partial charge in [-0.05, 0) is 44.9 Å². The minimum atomic E-state index is -3.79. The van der Waals surface area contributed by atoms with Crippen LogP contribution in [0.5, 0.6) is 0 Å². The van der Waals surface area contributed by atoms with Gasteiger partial charge in [0.15, 0.2) is 9.84 Å². The number of aliphatic imine (C=N–C) groups is 1. The van der Waals surface area contributed by atoms with E-state index in [2.05, 4.69) is 4.99 Å². The summed E-state index contributed by atoms with van der Waals surface area (Å²) in [6, 6.07) is 4.04. The van der Waals surface area contributed by atoms with Crippen molar-refractivity contribution in [3.63, 3.8) is 0 Å². The summed E-state index contributed by atoms with van der Waals surface area (Å²) in [6.07, 6.45) is 0.448. The molecule has 1 saturated heterocycles. The van der Waals surface area contributed by atoms with Crippen LogP contribution in [0, 0.1) is 5.82 Å². The van der Waals surface area contributed by atoms with E-state index in [1.807, 2.05) is 0 Å². The molecular weight excluding hydrogens is 310 g/mol. The van der Waals surface area contributed by atoms with Gasteiger partial charge in [-0.25, -0.2) is 17.2 Å². The standard InChI is InChI=1S/C15H18F2N2O2S/c1-9-15(8-16)6-5-13(22(15,20)21)14(2,19-9)11-7-10(18)3-4-12(11)17/h3-4,7,13H,5-6,8,18H2,1-2H3/t13-,14+,15-/m0/s1. The van der Waals surface area contributed by atoms with E-state index in [0.717, 1.165) is 0 Å². The molecule has 22 heavy (non-hydrogen) atoms. The van der Waals surface area contributed by atoms with Crippen molar-refractivity contribution < 1.29 is 17.2 Å². The normalized spacial score (nSPS) is 36.2. The lowest BCUT2D eigenvalue weighted by Crippen LogP contribution is -2.55. The van der Waals surface area contributed by atoms with Gasteiger partial charge in [0.2, 0.25) is 0 Å². The Morgan fingerprint density at radius 2 is 2.14 bits per heavy atom. The Hall–Kier alpha value is -1.50. The Bertz CT molecular complexity index is 778. The van der Waals surface area contributed by atoms with Crippen LogP contribution in [0.15, 0.2) is 23.2 Å².